The van der Waals surface area contributed by atoms with Crippen LogP contribution in [0.5, 0.6) is 0 Å². The maximum Gasteiger partial charge on any atom is 0.328 e. The van der Waals surface area contributed by atoms with Crippen LogP contribution in [0.3, 0.4) is 0 Å². The molecule has 3 amide bonds. The number of hydrogen-bond acceptors (Lipinski definition) is 6. The fourth-order valence-electron chi connectivity index (χ4n) is 3.44. The Bertz CT molecular complexity index is 1020. The zero-order valence-electron chi connectivity index (χ0n) is 19.5. The summed E-state index contributed by atoms with van der Waals surface area (Å²) in [7, 11) is 0. The first-order chi connectivity index (χ1) is 16.1. The first-order valence-electron chi connectivity index (χ1n) is 11.1. The Morgan fingerprint density at radius 1 is 1.00 bits per heavy atom. The average Bonchev–Trinajstić information content (AvgIpc) is 3.22. The van der Waals surface area contributed by atoms with Gasteiger partial charge < -0.3 is 36.9 Å². The Morgan fingerprint density at radius 2 is 1.65 bits per heavy atom. The molecule has 0 aliphatic heterocycles. The smallest absolute Gasteiger partial charge is 0.328 e. The van der Waals surface area contributed by atoms with Gasteiger partial charge in [-0.3, -0.25) is 14.4 Å². The maximum absolute atomic E-state index is 13.3. The van der Waals surface area contributed by atoms with Gasteiger partial charge in [0.1, 0.15) is 18.1 Å². The molecule has 11 heteroatoms. The maximum atomic E-state index is 13.3. The second kappa shape index (κ2) is 12.1. The first kappa shape index (κ1) is 26.8. The summed E-state index contributed by atoms with van der Waals surface area (Å²) in [6, 6.07) is 3.03. The van der Waals surface area contributed by atoms with Crippen molar-refractivity contribution in [1.29, 1.82) is 0 Å². The zero-order chi connectivity index (χ0) is 25.4. The number of rotatable bonds is 12. The number of para-hydroxylation sites is 1. The molecule has 0 radical (unpaired) electrons. The van der Waals surface area contributed by atoms with Crippen molar-refractivity contribution in [2.24, 2.45) is 11.7 Å². The van der Waals surface area contributed by atoms with Crippen molar-refractivity contribution in [2.45, 2.75) is 57.8 Å². The molecule has 2 rings (SSSR count). The van der Waals surface area contributed by atoms with E-state index in [0.717, 1.165) is 16.5 Å². The van der Waals surface area contributed by atoms with Crippen LogP contribution in [0, 0.1) is 5.92 Å². The van der Waals surface area contributed by atoms with E-state index in [1.165, 1.54) is 6.92 Å². The Labute approximate surface area is 197 Å². The number of hydrogen-bond donors (Lipinski definition) is 7. The van der Waals surface area contributed by atoms with Gasteiger partial charge in [-0.05, 0) is 24.5 Å². The summed E-state index contributed by atoms with van der Waals surface area (Å²) in [6.07, 6.45) is 2.40. The first-order valence-corrected chi connectivity index (χ1v) is 11.1. The normalized spacial score (nSPS) is 15.6. The van der Waals surface area contributed by atoms with Gasteiger partial charge in [0.25, 0.3) is 0 Å². The largest absolute Gasteiger partial charge is 0.480 e. The Kier molecular flexibility index (Phi) is 9.58. The standard InChI is InChI=1S/C23H33N5O6/c1-4-12(2)19(22(32)27-18(11-29)23(33)34)28-21(31)17(26-20(30)13(3)24)9-14-10-25-16-8-6-5-7-15(14)16/h5-8,10,12-13,17-19,25,29H,4,9,11,24H2,1-3H3,(H,26,30)(H,27,32)(H,28,31)(H,33,34). The van der Waals surface area contributed by atoms with Gasteiger partial charge in [0.05, 0.1) is 12.6 Å². The van der Waals surface area contributed by atoms with E-state index in [1.54, 1.807) is 13.1 Å². The van der Waals surface area contributed by atoms with Crippen molar-refractivity contribution >= 4 is 34.6 Å². The lowest BCUT2D eigenvalue weighted by molar-refractivity contribution is -0.143. The van der Waals surface area contributed by atoms with E-state index in [9.17, 15) is 24.3 Å². The molecule has 1 aromatic heterocycles. The summed E-state index contributed by atoms with van der Waals surface area (Å²) in [6.45, 7) is 4.25. The molecule has 186 valence electrons. The minimum Gasteiger partial charge on any atom is -0.480 e. The molecular formula is C23H33N5O6. The van der Waals surface area contributed by atoms with E-state index in [1.807, 2.05) is 31.2 Å². The van der Waals surface area contributed by atoms with Gasteiger partial charge in [-0.2, -0.15) is 0 Å². The summed E-state index contributed by atoms with van der Waals surface area (Å²) < 4.78 is 0. The Balaban J connectivity index is 2.28. The number of aromatic amines is 1. The van der Waals surface area contributed by atoms with E-state index < -0.39 is 54.5 Å². The van der Waals surface area contributed by atoms with Crippen LogP contribution in [0.4, 0.5) is 0 Å². The quantitative estimate of drug-likeness (QED) is 0.218. The lowest BCUT2D eigenvalue weighted by Gasteiger charge is -2.27. The third kappa shape index (κ3) is 6.78. The minimum atomic E-state index is -1.50. The average molecular weight is 476 g/mol. The second-order valence-electron chi connectivity index (χ2n) is 8.37. The Morgan fingerprint density at radius 3 is 2.24 bits per heavy atom. The molecule has 1 heterocycles. The SMILES string of the molecule is CCC(C)C(NC(=O)C(Cc1c[nH]c2ccccc12)NC(=O)C(C)N)C(=O)NC(CO)C(=O)O. The summed E-state index contributed by atoms with van der Waals surface area (Å²) in [5, 5.41) is 26.8. The van der Waals surface area contributed by atoms with Crippen molar-refractivity contribution in [1.82, 2.24) is 20.9 Å². The number of aromatic nitrogens is 1. The Hall–Kier alpha value is -3.44. The number of aliphatic hydroxyl groups is 1. The number of carbonyl (C=O) groups is 4. The number of aliphatic hydroxyl groups excluding tert-OH is 1. The molecule has 0 fully saturated rings. The highest BCUT2D eigenvalue weighted by molar-refractivity contribution is 5.95. The lowest BCUT2D eigenvalue weighted by Crippen LogP contribution is -2.59. The van der Waals surface area contributed by atoms with Crippen LogP contribution in [0.15, 0.2) is 30.5 Å². The molecule has 34 heavy (non-hydrogen) atoms. The van der Waals surface area contributed by atoms with Gasteiger partial charge in [0.2, 0.25) is 17.7 Å². The molecule has 8 N–H and O–H groups in total. The summed E-state index contributed by atoms with van der Waals surface area (Å²) >= 11 is 0. The molecule has 0 saturated carbocycles. The third-order valence-electron chi connectivity index (χ3n) is 5.74. The second-order valence-corrected chi connectivity index (χ2v) is 8.37. The van der Waals surface area contributed by atoms with Crippen LogP contribution in [-0.2, 0) is 25.6 Å². The number of nitrogens with one attached hydrogen (secondary N) is 4. The highest BCUT2D eigenvalue weighted by atomic mass is 16.4. The van der Waals surface area contributed by atoms with Crippen LogP contribution < -0.4 is 21.7 Å². The van der Waals surface area contributed by atoms with Gasteiger partial charge in [-0.1, -0.05) is 38.5 Å². The van der Waals surface area contributed by atoms with Crippen LogP contribution in [0.1, 0.15) is 32.8 Å². The predicted octanol–water partition coefficient (Wildman–Crippen LogP) is -0.365. The molecular weight excluding hydrogens is 442 g/mol. The lowest BCUT2D eigenvalue weighted by atomic mass is 9.96. The molecule has 0 saturated heterocycles. The molecule has 5 unspecified atom stereocenters. The number of fused-ring (bicyclic) bond motifs is 1. The van der Waals surface area contributed by atoms with Gasteiger partial charge in [-0.25, -0.2) is 4.79 Å². The number of aliphatic carboxylic acids is 1. The van der Waals surface area contributed by atoms with Gasteiger partial charge in [-0.15, -0.1) is 0 Å². The molecule has 5 atom stereocenters. The molecule has 0 aliphatic rings. The van der Waals surface area contributed by atoms with Crippen molar-refractivity contribution in [3.05, 3.63) is 36.0 Å². The van der Waals surface area contributed by atoms with E-state index >= 15 is 0 Å². The van der Waals surface area contributed by atoms with Crippen molar-refractivity contribution in [3.8, 4) is 0 Å². The fourth-order valence-corrected chi connectivity index (χ4v) is 3.44. The number of carboxylic acids is 1. The van der Waals surface area contributed by atoms with Crippen molar-refractivity contribution in [3.63, 3.8) is 0 Å². The molecule has 0 bridgehead atoms. The van der Waals surface area contributed by atoms with Gasteiger partial charge in [0.15, 0.2) is 0 Å². The number of carboxylic acid groups (broad SMARTS) is 1. The van der Waals surface area contributed by atoms with Crippen LogP contribution >= 0.6 is 0 Å². The van der Waals surface area contributed by atoms with E-state index in [4.69, 9.17) is 10.8 Å². The highest BCUT2D eigenvalue weighted by Crippen LogP contribution is 2.19. The van der Waals surface area contributed by atoms with Crippen molar-refractivity contribution < 1.29 is 29.4 Å². The highest BCUT2D eigenvalue weighted by Gasteiger charge is 2.32. The number of H-pyrrole nitrogens is 1. The van der Waals surface area contributed by atoms with Gasteiger partial charge >= 0.3 is 5.97 Å². The van der Waals surface area contributed by atoms with Crippen molar-refractivity contribution in [2.75, 3.05) is 6.61 Å². The monoisotopic (exact) mass is 475 g/mol. The van der Waals surface area contributed by atoms with E-state index in [2.05, 4.69) is 20.9 Å². The number of nitrogens with two attached hydrogens (primary N) is 1. The summed E-state index contributed by atoms with van der Waals surface area (Å²) in [5.74, 6) is -3.64. The number of carbonyl (C=O) groups excluding carboxylic acids is 3. The van der Waals surface area contributed by atoms with Crippen LogP contribution in [0.25, 0.3) is 10.9 Å². The summed E-state index contributed by atoms with van der Waals surface area (Å²) in [4.78, 5) is 52.7. The predicted molar refractivity (Wildman–Crippen MR) is 126 cm³/mol. The number of amides is 3. The molecule has 0 aliphatic carbocycles. The zero-order valence-corrected chi connectivity index (χ0v) is 19.5. The third-order valence-corrected chi connectivity index (χ3v) is 5.74. The molecule has 1 aromatic carbocycles. The van der Waals surface area contributed by atoms with Gasteiger partial charge in [0, 0.05) is 23.5 Å². The fraction of sp³-hybridized carbons (Fsp3) is 0.478. The van der Waals surface area contributed by atoms with Crippen LogP contribution in [-0.4, -0.2) is 69.7 Å². The van der Waals surface area contributed by atoms with E-state index in [-0.39, 0.29) is 12.3 Å². The molecule has 2 aromatic rings. The number of benzene rings is 1. The molecule has 11 nitrogen and oxygen atoms in total. The molecule has 0 spiro atoms. The topological polar surface area (TPSA) is 187 Å². The minimum absolute atomic E-state index is 0.136. The van der Waals surface area contributed by atoms with Crippen LogP contribution in [0.2, 0.25) is 0 Å². The summed E-state index contributed by atoms with van der Waals surface area (Å²) in [5.41, 5.74) is 7.33. The van der Waals surface area contributed by atoms with E-state index in [0.29, 0.717) is 6.42 Å².